The quantitative estimate of drug-likeness (QED) is 0.935. The molecule has 21 heavy (non-hydrogen) atoms. The Morgan fingerprint density at radius 1 is 1.29 bits per heavy atom. The van der Waals surface area contributed by atoms with Crippen LogP contribution in [0.15, 0.2) is 36.4 Å². The van der Waals surface area contributed by atoms with E-state index in [0.29, 0.717) is 5.82 Å². The number of nitrogens with one attached hydrogen (secondary N) is 1. The molecule has 1 heterocycles. The van der Waals surface area contributed by atoms with Crippen LogP contribution in [0.3, 0.4) is 0 Å². The lowest BCUT2D eigenvalue weighted by Crippen LogP contribution is -2.20. The molecule has 0 spiro atoms. The maximum Gasteiger partial charge on any atom is 0.228 e. The second-order valence-electron chi connectivity index (χ2n) is 5.78. The molecule has 1 aromatic heterocycles. The zero-order valence-electron chi connectivity index (χ0n) is 12.4. The van der Waals surface area contributed by atoms with Gasteiger partial charge in [0, 0.05) is 17.7 Å². The van der Waals surface area contributed by atoms with Crippen LogP contribution in [0.1, 0.15) is 36.9 Å². The number of hydrogen-bond donors (Lipinski definition) is 1. The van der Waals surface area contributed by atoms with Crippen molar-refractivity contribution in [1.82, 2.24) is 9.78 Å². The molecule has 1 amide bonds. The highest BCUT2D eigenvalue weighted by atomic mass is 16.2. The van der Waals surface area contributed by atoms with Crippen LogP contribution in [0, 0.1) is 12.8 Å². The van der Waals surface area contributed by atoms with E-state index in [9.17, 15) is 4.79 Å². The first-order chi connectivity index (χ1) is 10.2. The molecule has 2 aromatic rings. The standard InChI is InChI=1S/C17H21N3O/c1-13-11-16(18-17(21)15-9-5-6-10-15)19-20(13)12-14-7-3-2-4-8-14/h2-4,7-8,11,15H,5-6,9-10,12H2,1H3,(H,18,19,21). The SMILES string of the molecule is Cc1cc(NC(=O)C2CCCC2)nn1Cc1ccccc1. The molecular weight excluding hydrogens is 262 g/mol. The summed E-state index contributed by atoms with van der Waals surface area (Å²) < 4.78 is 1.93. The number of carbonyl (C=O) groups is 1. The maximum atomic E-state index is 12.1. The number of aryl methyl sites for hydroxylation is 1. The van der Waals surface area contributed by atoms with E-state index in [2.05, 4.69) is 22.5 Å². The Kier molecular flexibility index (Phi) is 4.04. The van der Waals surface area contributed by atoms with Gasteiger partial charge in [0.25, 0.3) is 0 Å². The summed E-state index contributed by atoms with van der Waals surface area (Å²) in [6.07, 6.45) is 4.35. The Labute approximate surface area is 125 Å². The molecule has 0 bridgehead atoms. The van der Waals surface area contributed by atoms with Crippen LogP contribution in [-0.2, 0) is 11.3 Å². The van der Waals surface area contributed by atoms with E-state index in [1.165, 1.54) is 18.4 Å². The highest BCUT2D eigenvalue weighted by molar-refractivity contribution is 5.91. The number of rotatable bonds is 4. The van der Waals surface area contributed by atoms with Gasteiger partial charge in [0.1, 0.15) is 0 Å². The highest BCUT2D eigenvalue weighted by Gasteiger charge is 2.23. The smallest absolute Gasteiger partial charge is 0.228 e. The van der Waals surface area contributed by atoms with Gasteiger partial charge in [0.05, 0.1) is 6.54 Å². The highest BCUT2D eigenvalue weighted by Crippen LogP contribution is 2.26. The molecule has 0 unspecified atom stereocenters. The third kappa shape index (κ3) is 3.32. The van der Waals surface area contributed by atoms with Gasteiger partial charge in [-0.2, -0.15) is 5.10 Å². The lowest BCUT2D eigenvalue weighted by molar-refractivity contribution is -0.119. The number of amides is 1. The summed E-state index contributed by atoms with van der Waals surface area (Å²) in [7, 11) is 0. The summed E-state index contributed by atoms with van der Waals surface area (Å²) >= 11 is 0. The first-order valence-corrected chi connectivity index (χ1v) is 7.61. The predicted molar refractivity (Wildman–Crippen MR) is 83.1 cm³/mol. The minimum Gasteiger partial charge on any atom is -0.309 e. The van der Waals surface area contributed by atoms with E-state index in [-0.39, 0.29) is 11.8 Å². The second-order valence-corrected chi connectivity index (χ2v) is 5.78. The zero-order valence-corrected chi connectivity index (χ0v) is 12.4. The number of nitrogens with zero attached hydrogens (tertiary/aromatic N) is 2. The Balaban J connectivity index is 1.67. The van der Waals surface area contributed by atoms with Gasteiger partial charge in [-0.25, -0.2) is 0 Å². The molecule has 0 aliphatic heterocycles. The van der Waals surface area contributed by atoms with E-state index in [1.54, 1.807) is 0 Å². The third-order valence-corrected chi connectivity index (χ3v) is 4.13. The molecule has 4 heteroatoms. The fourth-order valence-corrected chi connectivity index (χ4v) is 2.90. The Bertz CT molecular complexity index is 612. The van der Waals surface area contributed by atoms with Crippen LogP contribution in [0.5, 0.6) is 0 Å². The molecule has 0 radical (unpaired) electrons. The Morgan fingerprint density at radius 3 is 2.71 bits per heavy atom. The summed E-state index contributed by atoms with van der Waals surface area (Å²) in [6, 6.07) is 12.2. The van der Waals surface area contributed by atoms with Crippen molar-refractivity contribution in [2.45, 2.75) is 39.2 Å². The average molecular weight is 283 g/mol. The normalized spacial score (nSPS) is 15.3. The number of benzene rings is 1. The summed E-state index contributed by atoms with van der Waals surface area (Å²) in [5.41, 5.74) is 2.26. The lowest BCUT2D eigenvalue weighted by atomic mass is 10.1. The van der Waals surface area contributed by atoms with Crippen molar-refractivity contribution in [2.24, 2.45) is 5.92 Å². The number of aromatic nitrogens is 2. The van der Waals surface area contributed by atoms with Crippen LogP contribution in [0.25, 0.3) is 0 Å². The van der Waals surface area contributed by atoms with Crippen molar-refractivity contribution in [3.8, 4) is 0 Å². The van der Waals surface area contributed by atoms with Crippen molar-refractivity contribution in [3.05, 3.63) is 47.7 Å². The largest absolute Gasteiger partial charge is 0.309 e. The second kappa shape index (κ2) is 6.12. The minimum atomic E-state index is 0.122. The number of hydrogen-bond acceptors (Lipinski definition) is 2. The number of anilines is 1. The average Bonchev–Trinajstić information content (AvgIpc) is 3.11. The zero-order chi connectivity index (χ0) is 14.7. The monoisotopic (exact) mass is 283 g/mol. The molecule has 3 rings (SSSR count). The summed E-state index contributed by atoms with van der Waals surface area (Å²) in [5, 5.41) is 7.46. The molecule has 1 N–H and O–H groups in total. The van der Waals surface area contributed by atoms with Gasteiger partial charge in [-0.15, -0.1) is 0 Å². The van der Waals surface area contributed by atoms with Gasteiger partial charge < -0.3 is 5.32 Å². The van der Waals surface area contributed by atoms with Gasteiger partial charge in [-0.3, -0.25) is 9.48 Å². The minimum absolute atomic E-state index is 0.122. The van der Waals surface area contributed by atoms with Gasteiger partial charge in [-0.05, 0) is 25.3 Å². The van der Waals surface area contributed by atoms with E-state index in [1.807, 2.05) is 35.9 Å². The fraction of sp³-hybridized carbons (Fsp3) is 0.412. The van der Waals surface area contributed by atoms with E-state index < -0.39 is 0 Å². The van der Waals surface area contributed by atoms with Crippen LogP contribution >= 0.6 is 0 Å². The van der Waals surface area contributed by atoms with Gasteiger partial charge >= 0.3 is 0 Å². The summed E-state index contributed by atoms with van der Waals surface area (Å²) in [6.45, 7) is 2.74. The molecule has 0 atom stereocenters. The van der Waals surface area contributed by atoms with Crippen molar-refractivity contribution in [1.29, 1.82) is 0 Å². The fourth-order valence-electron chi connectivity index (χ4n) is 2.90. The van der Waals surface area contributed by atoms with Crippen LogP contribution in [0.2, 0.25) is 0 Å². The Hall–Kier alpha value is -2.10. The topological polar surface area (TPSA) is 46.9 Å². The molecule has 1 saturated carbocycles. The van der Waals surface area contributed by atoms with Crippen LogP contribution in [0.4, 0.5) is 5.82 Å². The maximum absolute atomic E-state index is 12.1. The van der Waals surface area contributed by atoms with Gasteiger partial charge in [-0.1, -0.05) is 43.2 Å². The molecular formula is C17H21N3O. The van der Waals surface area contributed by atoms with E-state index in [0.717, 1.165) is 25.1 Å². The van der Waals surface area contributed by atoms with E-state index in [4.69, 9.17) is 0 Å². The van der Waals surface area contributed by atoms with Crippen LogP contribution < -0.4 is 5.32 Å². The van der Waals surface area contributed by atoms with Crippen molar-refractivity contribution in [2.75, 3.05) is 5.32 Å². The van der Waals surface area contributed by atoms with Gasteiger partial charge in [0.15, 0.2) is 5.82 Å². The molecule has 0 saturated heterocycles. The van der Waals surface area contributed by atoms with E-state index >= 15 is 0 Å². The molecule has 1 fully saturated rings. The Morgan fingerprint density at radius 2 is 2.00 bits per heavy atom. The summed E-state index contributed by atoms with van der Waals surface area (Å²) in [4.78, 5) is 12.1. The third-order valence-electron chi connectivity index (χ3n) is 4.13. The molecule has 4 nitrogen and oxygen atoms in total. The van der Waals surface area contributed by atoms with Gasteiger partial charge in [0.2, 0.25) is 5.91 Å². The molecule has 1 aliphatic carbocycles. The van der Waals surface area contributed by atoms with Crippen LogP contribution in [-0.4, -0.2) is 15.7 Å². The summed E-state index contributed by atoms with van der Waals surface area (Å²) in [5.74, 6) is 0.960. The molecule has 110 valence electrons. The molecule has 1 aliphatic rings. The van der Waals surface area contributed by atoms with Crippen molar-refractivity contribution in [3.63, 3.8) is 0 Å². The first-order valence-electron chi connectivity index (χ1n) is 7.61. The van der Waals surface area contributed by atoms with Crippen molar-refractivity contribution >= 4 is 11.7 Å². The molecule has 1 aromatic carbocycles. The van der Waals surface area contributed by atoms with Crippen molar-refractivity contribution < 1.29 is 4.79 Å². The lowest BCUT2D eigenvalue weighted by Gasteiger charge is -2.08. The first kappa shape index (κ1) is 13.9. The predicted octanol–water partition coefficient (Wildman–Crippen LogP) is 3.37. The number of carbonyl (C=O) groups excluding carboxylic acids is 1.